The predicted molar refractivity (Wildman–Crippen MR) is 164 cm³/mol. The molecule has 2 heteroatoms. The van der Waals surface area contributed by atoms with Crippen molar-refractivity contribution in [3.8, 4) is 11.5 Å². The van der Waals surface area contributed by atoms with Gasteiger partial charge >= 0.3 is 0 Å². The van der Waals surface area contributed by atoms with Gasteiger partial charge in [0.2, 0.25) is 7.28 Å². The molecule has 38 heavy (non-hydrogen) atoms. The van der Waals surface area contributed by atoms with Gasteiger partial charge in [0.1, 0.15) is 11.5 Å². The van der Waals surface area contributed by atoms with E-state index in [1.165, 1.54) is 75.6 Å². The Morgan fingerprint density at radius 1 is 0.316 bits per heavy atom. The van der Waals surface area contributed by atoms with Crippen LogP contribution in [0.4, 0.5) is 0 Å². The van der Waals surface area contributed by atoms with Crippen LogP contribution in [0.15, 0.2) is 121 Å². The van der Waals surface area contributed by atoms with E-state index in [2.05, 4.69) is 121 Å². The SMILES string of the molecule is B1c2cc3c4ccccc4c4ccccc4c3cc2Oc2cc3c4ccccc4c4ccccc4c3cc21. The lowest BCUT2D eigenvalue weighted by atomic mass is 9.61. The number of benzene rings is 8. The first-order valence-electron chi connectivity index (χ1n) is 13.2. The summed E-state index contributed by atoms with van der Waals surface area (Å²) in [7, 11) is 0.860. The summed E-state index contributed by atoms with van der Waals surface area (Å²) in [5.41, 5.74) is 2.49. The maximum atomic E-state index is 6.72. The maximum Gasteiger partial charge on any atom is 0.202 e. The van der Waals surface area contributed by atoms with Crippen molar-refractivity contribution in [2.75, 3.05) is 0 Å². The van der Waals surface area contributed by atoms with E-state index in [0.29, 0.717) is 0 Å². The Balaban J connectivity index is 1.34. The van der Waals surface area contributed by atoms with E-state index >= 15 is 0 Å². The van der Waals surface area contributed by atoms with Crippen LogP contribution in [-0.4, -0.2) is 7.28 Å². The van der Waals surface area contributed by atoms with Crippen LogP contribution in [0, 0.1) is 0 Å². The van der Waals surface area contributed by atoms with Gasteiger partial charge in [0.15, 0.2) is 0 Å². The van der Waals surface area contributed by atoms with E-state index < -0.39 is 0 Å². The average molecular weight is 480 g/mol. The summed E-state index contributed by atoms with van der Waals surface area (Å²) < 4.78 is 6.72. The smallest absolute Gasteiger partial charge is 0.202 e. The second-order valence-electron chi connectivity index (χ2n) is 10.5. The van der Waals surface area contributed by atoms with Gasteiger partial charge in [-0.15, -0.1) is 0 Å². The quantitative estimate of drug-likeness (QED) is 0.157. The van der Waals surface area contributed by atoms with E-state index in [-0.39, 0.29) is 0 Å². The molecule has 8 aromatic rings. The zero-order chi connectivity index (χ0) is 24.8. The average Bonchev–Trinajstić information content (AvgIpc) is 2.99. The van der Waals surface area contributed by atoms with Crippen molar-refractivity contribution in [3.05, 3.63) is 121 Å². The minimum absolute atomic E-state index is 0.860. The first-order valence-corrected chi connectivity index (χ1v) is 13.2. The fourth-order valence-corrected chi connectivity index (χ4v) is 6.74. The van der Waals surface area contributed by atoms with E-state index in [1.807, 2.05) is 0 Å². The van der Waals surface area contributed by atoms with Crippen LogP contribution in [0.5, 0.6) is 11.5 Å². The zero-order valence-corrected chi connectivity index (χ0v) is 20.7. The zero-order valence-electron chi connectivity index (χ0n) is 20.7. The van der Waals surface area contributed by atoms with Gasteiger partial charge < -0.3 is 4.74 Å². The summed E-state index contributed by atoms with van der Waals surface area (Å²) in [6.45, 7) is 0. The normalized spacial score (nSPS) is 12.6. The third-order valence-corrected chi connectivity index (χ3v) is 8.45. The van der Waals surface area contributed by atoms with Crippen molar-refractivity contribution < 1.29 is 4.74 Å². The largest absolute Gasteiger partial charge is 0.458 e. The Morgan fingerprint density at radius 2 is 0.579 bits per heavy atom. The molecule has 0 atom stereocenters. The summed E-state index contributed by atoms with van der Waals surface area (Å²) in [4.78, 5) is 0. The summed E-state index contributed by atoms with van der Waals surface area (Å²) in [6.07, 6.45) is 0. The molecule has 0 aliphatic carbocycles. The van der Waals surface area contributed by atoms with Gasteiger partial charge in [0.05, 0.1) is 0 Å². The molecule has 8 aromatic carbocycles. The number of ether oxygens (including phenoxy) is 1. The van der Waals surface area contributed by atoms with Gasteiger partial charge in [-0.05, 0) is 87.7 Å². The molecule has 1 nitrogen and oxygen atoms in total. The number of rotatable bonds is 0. The fourth-order valence-electron chi connectivity index (χ4n) is 6.74. The third kappa shape index (κ3) is 2.67. The van der Waals surface area contributed by atoms with Gasteiger partial charge in [-0.3, -0.25) is 0 Å². The highest BCUT2D eigenvalue weighted by atomic mass is 16.5. The highest BCUT2D eigenvalue weighted by molar-refractivity contribution is 6.70. The second-order valence-corrected chi connectivity index (χ2v) is 10.5. The van der Waals surface area contributed by atoms with Crippen molar-refractivity contribution in [2.24, 2.45) is 0 Å². The van der Waals surface area contributed by atoms with Crippen molar-refractivity contribution >= 4 is 82.8 Å². The summed E-state index contributed by atoms with van der Waals surface area (Å²) in [6, 6.07) is 44.3. The highest BCUT2D eigenvalue weighted by Crippen LogP contribution is 2.40. The molecule has 174 valence electrons. The molecule has 0 fully saturated rings. The molecule has 0 spiro atoms. The van der Waals surface area contributed by atoms with Gasteiger partial charge in [0.25, 0.3) is 0 Å². The molecule has 0 N–H and O–H groups in total. The third-order valence-electron chi connectivity index (χ3n) is 8.45. The first kappa shape index (κ1) is 20.3. The number of hydrogen-bond donors (Lipinski definition) is 0. The van der Waals surface area contributed by atoms with Crippen LogP contribution >= 0.6 is 0 Å². The molecule has 1 aliphatic heterocycles. The van der Waals surface area contributed by atoms with E-state index in [4.69, 9.17) is 4.74 Å². The summed E-state index contributed by atoms with van der Waals surface area (Å²) in [5.74, 6) is 1.93. The molecule has 0 amide bonds. The van der Waals surface area contributed by atoms with Crippen molar-refractivity contribution in [3.63, 3.8) is 0 Å². The molecule has 0 saturated carbocycles. The lowest BCUT2D eigenvalue weighted by Gasteiger charge is -2.23. The van der Waals surface area contributed by atoms with Crippen molar-refractivity contribution in [2.45, 2.75) is 0 Å². The van der Waals surface area contributed by atoms with E-state index in [1.54, 1.807) is 0 Å². The van der Waals surface area contributed by atoms with Gasteiger partial charge in [-0.1, -0.05) is 109 Å². The molecule has 9 rings (SSSR count). The van der Waals surface area contributed by atoms with Crippen LogP contribution in [0.2, 0.25) is 0 Å². The lowest BCUT2D eigenvalue weighted by Crippen LogP contribution is -2.33. The number of hydrogen-bond acceptors (Lipinski definition) is 1. The van der Waals surface area contributed by atoms with Crippen LogP contribution in [-0.2, 0) is 0 Å². The van der Waals surface area contributed by atoms with Crippen LogP contribution in [0.3, 0.4) is 0 Å². The molecule has 0 radical (unpaired) electrons. The summed E-state index contributed by atoms with van der Waals surface area (Å²) in [5, 5.41) is 15.4. The standard InChI is InChI=1S/C36H21BO/c1-5-13-25-21(9-1)23-11-3-7-15-27(23)31-19-35-33(17-29(25)31)37-34-18-30-26-14-6-2-10-22(26)24-12-4-8-16-28(24)32(30)20-36(34)38-35/h1-20,37H. The van der Waals surface area contributed by atoms with Gasteiger partial charge in [-0.25, -0.2) is 0 Å². The van der Waals surface area contributed by atoms with Crippen LogP contribution in [0.1, 0.15) is 0 Å². The predicted octanol–water partition coefficient (Wildman–Crippen LogP) is 8.10. The first-order chi connectivity index (χ1) is 18.8. The molecule has 0 aromatic heterocycles. The Bertz CT molecular complexity index is 1970. The molecule has 0 saturated heterocycles. The minimum Gasteiger partial charge on any atom is -0.458 e. The number of fused-ring (bicyclic) bond motifs is 14. The van der Waals surface area contributed by atoms with Crippen LogP contribution in [0.25, 0.3) is 64.6 Å². The molecule has 1 heterocycles. The van der Waals surface area contributed by atoms with Gasteiger partial charge in [-0.2, -0.15) is 0 Å². The Hall–Kier alpha value is -4.82. The monoisotopic (exact) mass is 480 g/mol. The van der Waals surface area contributed by atoms with Crippen molar-refractivity contribution in [1.29, 1.82) is 0 Å². The molecule has 1 aliphatic rings. The van der Waals surface area contributed by atoms with E-state index in [0.717, 1.165) is 18.8 Å². The topological polar surface area (TPSA) is 9.23 Å². The minimum atomic E-state index is 0.860. The van der Waals surface area contributed by atoms with Crippen LogP contribution < -0.4 is 15.7 Å². The Kier molecular flexibility index (Phi) is 3.93. The lowest BCUT2D eigenvalue weighted by molar-refractivity contribution is 0.489. The molecular weight excluding hydrogens is 459 g/mol. The Morgan fingerprint density at radius 3 is 0.895 bits per heavy atom. The maximum absolute atomic E-state index is 6.72. The highest BCUT2D eigenvalue weighted by Gasteiger charge is 2.22. The second kappa shape index (κ2) is 7.37. The molecule has 0 unspecified atom stereocenters. The van der Waals surface area contributed by atoms with E-state index in [9.17, 15) is 0 Å². The Labute approximate surface area is 220 Å². The molecule has 0 bridgehead atoms. The molecular formula is C36H21BO. The van der Waals surface area contributed by atoms with Crippen molar-refractivity contribution in [1.82, 2.24) is 0 Å². The summed E-state index contributed by atoms with van der Waals surface area (Å²) >= 11 is 0. The van der Waals surface area contributed by atoms with Gasteiger partial charge in [0, 0.05) is 0 Å². The fraction of sp³-hybridized carbons (Fsp3) is 0.